The van der Waals surface area contributed by atoms with E-state index in [0.717, 1.165) is 42.6 Å². The molecule has 0 aliphatic rings. The van der Waals surface area contributed by atoms with Crippen LogP contribution in [0.2, 0.25) is 0 Å². The maximum atomic E-state index is 5.94. The van der Waals surface area contributed by atoms with Crippen molar-refractivity contribution in [3.63, 3.8) is 0 Å². The Kier molecular flexibility index (Phi) is 7.78. The van der Waals surface area contributed by atoms with E-state index in [2.05, 4.69) is 59.3 Å². The third-order valence-corrected chi connectivity index (χ3v) is 6.60. The summed E-state index contributed by atoms with van der Waals surface area (Å²) in [6.07, 6.45) is 1.80. The van der Waals surface area contributed by atoms with E-state index in [-0.39, 0.29) is 0 Å². The number of nitrogens with zero attached hydrogens (tertiary/aromatic N) is 4. The zero-order chi connectivity index (χ0) is 22.3. The van der Waals surface area contributed by atoms with E-state index in [1.54, 1.807) is 22.7 Å². The van der Waals surface area contributed by atoms with Crippen LogP contribution in [-0.4, -0.2) is 21.1 Å². The summed E-state index contributed by atoms with van der Waals surface area (Å²) in [5, 5.41) is 13.8. The molecule has 0 aliphatic carbocycles. The van der Waals surface area contributed by atoms with Crippen LogP contribution in [0.15, 0.2) is 92.0 Å². The van der Waals surface area contributed by atoms with Crippen LogP contribution in [0.1, 0.15) is 22.5 Å². The van der Waals surface area contributed by atoms with Gasteiger partial charge >= 0.3 is 0 Å². The lowest BCUT2D eigenvalue weighted by molar-refractivity contribution is 0.306. The van der Waals surface area contributed by atoms with Gasteiger partial charge in [0, 0.05) is 14.7 Å². The highest BCUT2D eigenvalue weighted by atomic mass is 79.9. The minimum absolute atomic E-state index is 0.509. The summed E-state index contributed by atoms with van der Waals surface area (Å²) >= 11 is 8.52. The average Bonchev–Trinajstić information content (AvgIpc) is 3.16. The first-order chi connectivity index (χ1) is 15.6. The Hall–Kier alpha value is -2.42. The summed E-state index contributed by atoms with van der Waals surface area (Å²) in [7, 11) is 0. The van der Waals surface area contributed by atoms with Gasteiger partial charge in [0.05, 0.1) is 6.21 Å². The fraction of sp³-hybridized carbons (Fsp3) is 0.125. The molecule has 5 nitrogen and oxygen atoms in total. The van der Waals surface area contributed by atoms with Crippen molar-refractivity contribution >= 4 is 49.8 Å². The molecule has 3 aromatic carbocycles. The summed E-state index contributed by atoms with van der Waals surface area (Å²) in [6.45, 7) is 2.40. The fourth-order valence-electron chi connectivity index (χ4n) is 2.85. The molecule has 0 spiro atoms. The zero-order valence-electron chi connectivity index (χ0n) is 17.3. The van der Waals surface area contributed by atoms with Gasteiger partial charge in [-0.05, 0) is 60.0 Å². The van der Waals surface area contributed by atoms with Gasteiger partial charge in [0.2, 0.25) is 5.16 Å². The first kappa shape index (κ1) is 22.8. The molecule has 8 heteroatoms. The molecule has 0 saturated carbocycles. The molecule has 4 rings (SSSR count). The Balaban J connectivity index is 1.41. The van der Waals surface area contributed by atoms with E-state index in [1.165, 1.54) is 5.56 Å². The molecule has 0 saturated heterocycles. The van der Waals surface area contributed by atoms with E-state index in [0.29, 0.717) is 6.61 Å². The maximum Gasteiger partial charge on any atom is 0.212 e. The van der Waals surface area contributed by atoms with Crippen LogP contribution in [0, 0.1) is 6.92 Å². The highest BCUT2D eigenvalue weighted by Gasteiger charge is 2.09. The monoisotopic (exact) mass is 570 g/mol. The number of ether oxygens (including phenoxy) is 1. The highest BCUT2D eigenvalue weighted by molar-refractivity contribution is 9.10. The van der Waals surface area contributed by atoms with E-state index >= 15 is 0 Å². The molecule has 4 aromatic rings. The number of hydrogen-bond donors (Lipinski definition) is 0. The normalized spacial score (nSPS) is 11.2. The van der Waals surface area contributed by atoms with Crippen molar-refractivity contribution in [2.24, 2.45) is 5.10 Å². The molecule has 0 aliphatic heterocycles. The van der Waals surface area contributed by atoms with Gasteiger partial charge in [-0.3, -0.25) is 0 Å². The van der Waals surface area contributed by atoms with Crippen molar-refractivity contribution in [2.45, 2.75) is 24.4 Å². The third kappa shape index (κ3) is 6.31. The van der Waals surface area contributed by atoms with E-state index in [9.17, 15) is 0 Å². The van der Waals surface area contributed by atoms with Gasteiger partial charge in [-0.25, -0.2) is 0 Å². The lowest BCUT2D eigenvalue weighted by Gasteiger charge is -2.07. The maximum absolute atomic E-state index is 5.94. The molecule has 0 fully saturated rings. The number of rotatable bonds is 8. The molecule has 0 amide bonds. The standard InChI is InChI=1S/C24H20Br2N4OS/c1-17-28-29-24(32-16-19-7-11-22(26)12-8-19)30(17)27-14-20-3-2-4-23(13-20)31-15-18-5-9-21(25)10-6-18/h2-14H,15-16H2,1H3/b27-14+. The molecule has 0 atom stereocenters. The summed E-state index contributed by atoms with van der Waals surface area (Å²) in [6, 6.07) is 24.2. The number of aromatic nitrogens is 3. The van der Waals surface area contributed by atoms with Crippen molar-refractivity contribution in [1.82, 2.24) is 14.9 Å². The van der Waals surface area contributed by atoms with Crippen LogP contribution < -0.4 is 4.74 Å². The van der Waals surface area contributed by atoms with Gasteiger partial charge in [0.1, 0.15) is 12.4 Å². The average molecular weight is 572 g/mol. The number of aryl methyl sites for hydroxylation is 1. The Morgan fingerprint density at radius 3 is 2.34 bits per heavy atom. The molecular weight excluding hydrogens is 552 g/mol. The van der Waals surface area contributed by atoms with Crippen molar-refractivity contribution in [3.05, 3.63) is 104 Å². The van der Waals surface area contributed by atoms with E-state index in [4.69, 9.17) is 4.74 Å². The molecule has 0 bridgehead atoms. The summed E-state index contributed by atoms with van der Waals surface area (Å²) in [4.78, 5) is 0. The van der Waals surface area contributed by atoms with Crippen molar-refractivity contribution in [2.75, 3.05) is 0 Å². The van der Waals surface area contributed by atoms with E-state index < -0.39 is 0 Å². The van der Waals surface area contributed by atoms with Gasteiger partial charge in [0.25, 0.3) is 0 Å². The van der Waals surface area contributed by atoms with Gasteiger partial charge in [-0.15, -0.1) is 10.2 Å². The Bertz CT molecular complexity index is 1210. The van der Waals surface area contributed by atoms with Gasteiger partial charge in [-0.1, -0.05) is 80.0 Å². The molecule has 0 radical (unpaired) electrons. The predicted molar refractivity (Wildman–Crippen MR) is 136 cm³/mol. The van der Waals surface area contributed by atoms with Crippen LogP contribution in [0.3, 0.4) is 0 Å². The SMILES string of the molecule is Cc1nnc(SCc2ccc(Br)cc2)n1/N=C/c1cccc(OCc2ccc(Br)cc2)c1. The van der Waals surface area contributed by atoms with Gasteiger partial charge in [-0.2, -0.15) is 9.78 Å². The van der Waals surface area contributed by atoms with Crippen molar-refractivity contribution in [3.8, 4) is 5.75 Å². The second-order valence-corrected chi connectivity index (χ2v) is 9.76. The third-order valence-electron chi connectivity index (χ3n) is 4.55. The number of hydrogen-bond acceptors (Lipinski definition) is 5. The molecule has 0 N–H and O–H groups in total. The minimum Gasteiger partial charge on any atom is -0.489 e. The summed E-state index contributed by atoms with van der Waals surface area (Å²) < 4.78 is 9.82. The molecular formula is C24H20Br2N4OS. The first-order valence-corrected chi connectivity index (χ1v) is 12.4. The second kappa shape index (κ2) is 10.9. The van der Waals surface area contributed by atoms with E-state index in [1.807, 2.05) is 67.6 Å². The molecule has 0 unspecified atom stereocenters. The Labute approximate surface area is 208 Å². The minimum atomic E-state index is 0.509. The quantitative estimate of drug-likeness (QED) is 0.171. The van der Waals surface area contributed by atoms with Crippen LogP contribution in [0.5, 0.6) is 5.75 Å². The fourth-order valence-corrected chi connectivity index (χ4v) is 4.26. The predicted octanol–water partition coefficient (Wildman–Crippen LogP) is 6.87. The zero-order valence-corrected chi connectivity index (χ0v) is 21.3. The van der Waals surface area contributed by atoms with Crippen molar-refractivity contribution in [1.29, 1.82) is 0 Å². The lowest BCUT2D eigenvalue weighted by atomic mass is 10.2. The summed E-state index contributed by atoms with van der Waals surface area (Å²) in [5.41, 5.74) is 3.26. The number of halogens is 2. The highest BCUT2D eigenvalue weighted by Crippen LogP contribution is 2.23. The molecule has 1 aromatic heterocycles. The summed E-state index contributed by atoms with van der Waals surface area (Å²) in [5.74, 6) is 2.32. The van der Waals surface area contributed by atoms with Gasteiger partial charge in [0.15, 0.2) is 5.82 Å². The second-order valence-electron chi connectivity index (χ2n) is 6.99. The van der Waals surface area contributed by atoms with Crippen LogP contribution in [-0.2, 0) is 12.4 Å². The van der Waals surface area contributed by atoms with Crippen molar-refractivity contribution < 1.29 is 4.74 Å². The van der Waals surface area contributed by atoms with Gasteiger partial charge < -0.3 is 4.74 Å². The van der Waals surface area contributed by atoms with Crippen LogP contribution in [0.4, 0.5) is 0 Å². The first-order valence-electron chi connectivity index (χ1n) is 9.88. The number of benzene rings is 3. The molecule has 1 heterocycles. The topological polar surface area (TPSA) is 52.3 Å². The molecule has 162 valence electrons. The Morgan fingerprint density at radius 2 is 1.62 bits per heavy atom. The Morgan fingerprint density at radius 1 is 0.938 bits per heavy atom. The largest absolute Gasteiger partial charge is 0.489 e. The smallest absolute Gasteiger partial charge is 0.212 e. The van der Waals surface area contributed by atoms with Crippen LogP contribution >= 0.6 is 43.6 Å². The lowest BCUT2D eigenvalue weighted by Crippen LogP contribution is -1.98. The number of thioether (sulfide) groups is 1. The van der Waals surface area contributed by atoms with Crippen LogP contribution in [0.25, 0.3) is 0 Å². The molecule has 32 heavy (non-hydrogen) atoms.